The number of nitrogens with zero attached hydrogens (tertiary/aromatic N) is 5. The second kappa shape index (κ2) is 35.0. The van der Waals surface area contributed by atoms with Gasteiger partial charge >= 0.3 is 27.6 Å². The molecule has 2 atom stereocenters. The predicted molar refractivity (Wildman–Crippen MR) is 277 cm³/mol. The number of rotatable bonds is 48. The molecule has 0 aliphatic carbocycles. The Balaban J connectivity index is 9.51. The molecule has 0 aliphatic heterocycles. The first-order chi connectivity index (χ1) is 34.1. The summed E-state index contributed by atoms with van der Waals surface area (Å²) in [6.07, 6.45) is 7.34. The number of hydrogen-bond donors (Lipinski definition) is 0. The highest BCUT2D eigenvalue weighted by molar-refractivity contribution is 7.91. The summed E-state index contributed by atoms with van der Waals surface area (Å²) in [6.45, 7) is 12.3. The van der Waals surface area contributed by atoms with E-state index in [4.69, 9.17) is 4.74 Å². The second-order valence-corrected chi connectivity index (χ2v) is 28.8. The molecule has 0 saturated carbocycles. The highest BCUT2D eigenvalue weighted by atomic mass is 32.2. The summed E-state index contributed by atoms with van der Waals surface area (Å²) in [5.74, 6) is -22.9. The second-order valence-electron chi connectivity index (χ2n) is 18.9. The molecule has 0 rings (SSSR count). The fraction of sp³-hybridized carbons (Fsp3) is 0.935. The normalized spacial score (nSPS) is 15.1. The van der Waals surface area contributed by atoms with Crippen LogP contribution < -0.4 is 0 Å². The van der Waals surface area contributed by atoms with E-state index in [0.29, 0.717) is 96.3 Å². The third-order valence-electron chi connectivity index (χ3n) is 12.6. The molecule has 0 bridgehead atoms. The average molecular weight is 1160 g/mol. The van der Waals surface area contributed by atoms with Gasteiger partial charge in [-0.1, -0.05) is 202 Å². The van der Waals surface area contributed by atoms with Crippen LogP contribution in [0.5, 0.6) is 0 Å². The highest BCUT2D eigenvalue weighted by Crippen LogP contribution is 2.54. The Morgan fingerprint density at radius 1 is 0.425 bits per heavy atom. The number of likely N-dealkylation sites (N-methyl/N-ethyl adjacent to an activating group) is 1. The summed E-state index contributed by atoms with van der Waals surface area (Å²) in [4.78, 5) is 13.7. The molecular formula is C46H91F5N5O12S5+. The lowest BCUT2D eigenvalue weighted by molar-refractivity contribution is -1.02. The minimum atomic E-state index is -6.46. The van der Waals surface area contributed by atoms with Gasteiger partial charge in [-0.25, -0.2) is 38.5 Å². The minimum absolute atomic E-state index is 0.0505. The first-order valence-electron chi connectivity index (χ1n) is 26.5. The van der Waals surface area contributed by atoms with E-state index in [9.17, 15) is 46.9 Å². The minimum Gasteiger partial charge on any atom is -0.381 e. The van der Waals surface area contributed by atoms with Crippen molar-refractivity contribution in [2.75, 3.05) is 35.8 Å². The lowest BCUT2D eigenvalue weighted by atomic mass is 10.1. The van der Waals surface area contributed by atoms with E-state index < -0.39 is 151 Å². The molecule has 0 aromatic carbocycles. The molecule has 0 aromatic heterocycles. The number of ether oxygens (including phenoxy) is 1. The number of quaternary nitrogens is 1. The van der Waals surface area contributed by atoms with Gasteiger partial charge in [-0.05, 0) is 32.1 Å². The van der Waals surface area contributed by atoms with Crippen molar-refractivity contribution in [1.29, 1.82) is 0 Å². The number of sulfonamides is 5. The van der Waals surface area contributed by atoms with Crippen LogP contribution >= 0.6 is 0 Å². The number of carbonyl (C=O) groups excluding carboxylic acids is 1. The SMILES string of the molecule is C=CC(=O)OC(N(F)S(=O)(=O)CCCCCCCC)(C(N(F)S(=O)(=O)CCCCCCCC)(N(F)S(=O)(=O)CCCCCCCC)N(F)S(=O)(=O)CCCCCCCC)[N+](C)(F)S(=O)(=O)CCCCCCCC. The van der Waals surface area contributed by atoms with Crippen LogP contribution in [0.25, 0.3) is 0 Å². The first kappa shape index (κ1) is 71.4. The fourth-order valence-electron chi connectivity index (χ4n) is 8.20. The lowest BCUT2D eigenvalue weighted by Gasteiger charge is -2.52. The Morgan fingerprint density at radius 2 is 0.644 bits per heavy atom. The molecule has 0 N–H and O–H groups in total. The van der Waals surface area contributed by atoms with Gasteiger partial charge < -0.3 is 4.74 Å². The molecule has 2 unspecified atom stereocenters. The topological polar surface area (TPSA) is 210 Å². The molecule has 17 nitrogen and oxygen atoms in total. The fourth-order valence-corrected chi connectivity index (χ4v) is 15.5. The largest absolute Gasteiger partial charge is 0.457 e. The van der Waals surface area contributed by atoms with Crippen molar-refractivity contribution < 1.29 is 78.1 Å². The number of unbranched alkanes of at least 4 members (excludes halogenated alkanes) is 25. The zero-order valence-electron chi connectivity index (χ0n) is 44.6. The van der Waals surface area contributed by atoms with E-state index in [0.717, 1.165) is 12.8 Å². The van der Waals surface area contributed by atoms with E-state index in [-0.39, 0.29) is 64.5 Å². The van der Waals surface area contributed by atoms with E-state index in [1.807, 2.05) is 34.6 Å². The number of halogens is 5. The smallest absolute Gasteiger partial charge is 0.381 e. The standard InChI is InChI=1S/C46H91F5N5O12S5/c1-8-14-19-24-29-34-39-69(58,59)52(47)45(53(48)70(60,61)40-35-30-25-20-15-9-2,54(49)71(62,63)41-36-31-26-21-16-10-3)46(68-44(57)13-6,55(50)72(64,65)42-37-32-27-22-17-11-4)56(7,51)73(66,67)43-38-33-28-23-18-12-5/h13H,6,8-12,14-43H2,1-5,7H3/q+1. The maximum atomic E-state index is 19.0. The number of hydrogen-bond acceptors (Lipinski definition) is 12. The van der Waals surface area contributed by atoms with Crippen molar-refractivity contribution in [3.05, 3.63) is 12.7 Å². The van der Waals surface area contributed by atoms with Gasteiger partial charge in [-0.15, -0.1) is 17.9 Å². The van der Waals surface area contributed by atoms with Gasteiger partial charge in [-0.2, -0.15) is 8.42 Å². The molecule has 27 heteroatoms. The van der Waals surface area contributed by atoms with Crippen LogP contribution in [0.4, 0.5) is 22.4 Å². The Bertz CT molecular complexity index is 2020. The van der Waals surface area contributed by atoms with Gasteiger partial charge in [0, 0.05) is 28.2 Å². The van der Waals surface area contributed by atoms with Crippen LogP contribution in [0, 0.1) is 0 Å². The van der Waals surface area contributed by atoms with E-state index >= 15 is 22.4 Å². The zero-order chi connectivity index (χ0) is 56.0. The van der Waals surface area contributed by atoms with Crippen LogP contribution in [0.2, 0.25) is 0 Å². The molecule has 436 valence electrons. The van der Waals surface area contributed by atoms with Crippen molar-refractivity contribution in [3.8, 4) is 0 Å². The Kier molecular flexibility index (Phi) is 34.3. The highest BCUT2D eigenvalue weighted by Gasteiger charge is 2.92. The summed E-state index contributed by atoms with van der Waals surface area (Å²) in [6, 6.07) is 0. The molecule has 73 heavy (non-hydrogen) atoms. The first-order valence-corrected chi connectivity index (χ1v) is 34.6. The molecule has 0 saturated heterocycles. The maximum absolute atomic E-state index is 19.0. The van der Waals surface area contributed by atoms with E-state index in [1.54, 1.807) is 0 Å². The Labute approximate surface area is 437 Å². The Hall–Kier alpha value is -1.59. The van der Waals surface area contributed by atoms with Crippen molar-refractivity contribution in [1.82, 2.24) is 18.1 Å². The summed E-state index contributed by atoms with van der Waals surface area (Å²) in [5, 5.41) is 0. The number of esters is 1. The molecule has 0 spiro atoms. The van der Waals surface area contributed by atoms with Crippen LogP contribution in [-0.2, 0) is 59.6 Å². The third-order valence-corrected chi connectivity index (χ3v) is 20.9. The summed E-state index contributed by atoms with van der Waals surface area (Å²) in [5.41, 5.74) is 0. The third kappa shape index (κ3) is 21.0. The summed E-state index contributed by atoms with van der Waals surface area (Å²) >= 11 is 0. The van der Waals surface area contributed by atoms with Crippen molar-refractivity contribution in [2.45, 2.75) is 239 Å². The van der Waals surface area contributed by atoms with Crippen LogP contribution in [0.3, 0.4) is 0 Å². The van der Waals surface area contributed by atoms with E-state index in [2.05, 4.69) is 6.58 Å². The molecule has 0 amide bonds. The monoisotopic (exact) mass is 1160 g/mol. The zero-order valence-corrected chi connectivity index (χ0v) is 48.7. The lowest BCUT2D eigenvalue weighted by Crippen LogP contribution is -2.89. The van der Waals surface area contributed by atoms with Gasteiger partial charge in [0.05, 0.1) is 27.5 Å². The van der Waals surface area contributed by atoms with Crippen LogP contribution in [0.1, 0.15) is 227 Å². The molecule has 0 aliphatic rings. The van der Waals surface area contributed by atoms with Crippen LogP contribution in [-0.4, -0.2) is 118 Å². The molecule has 0 heterocycles. The predicted octanol–water partition coefficient (Wildman–Crippen LogP) is 11.6. The van der Waals surface area contributed by atoms with Crippen molar-refractivity contribution in [3.63, 3.8) is 0 Å². The Morgan fingerprint density at radius 3 is 0.890 bits per heavy atom. The summed E-state index contributed by atoms with van der Waals surface area (Å²) < 4.78 is 230. The molecule has 0 fully saturated rings. The number of carbonyl (C=O) groups is 1. The maximum Gasteiger partial charge on any atom is 0.457 e. The molecule has 0 radical (unpaired) electrons. The van der Waals surface area contributed by atoms with Crippen molar-refractivity contribution in [2.24, 2.45) is 0 Å². The quantitative estimate of drug-likeness (QED) is 0.0139. The molecule has 0 aromatic rings. The molecular weight excluding hydrogens is 1070 g/mol. The average Bonchev–Trinajstić information content (AvgIpc) is 3.33. The van der Waals surface area contributed by atoms with E-state index in [1.165, 1.54) is 0 Å². The van der Waals surface area contributed by atoms with Gasteiger partial charge in [0.25, 0.3) is 0 Å². The summed E-state index contributed by atoms with van der Waals surface area (Å²) in [7, 11) is -32.5. The van der Waals surface area contributed by atoms with Crippen LogP contribution in [0.15, 0.2) is 12.7 Å². The van der Waals surface area contributed by atoms with Gasteiger partial charge in [0.1, 0.15) is 12.8 Å². The van der Waals surface area contributed by atoms with Crippen molar-refractivity contribution >= 4 is 56.1 Å². The van der Waals surface area contributed by atoms with Gasteiger partial charge in [0.2, 0.25) is 40.1 Å². The van der Waals surface area contributed by atoms with Gasteiger partial charge in [0.15, 0.2) is 0 Å². The van der Waals surface area contributed by atoms with Gasteiger partial charge in [-0.3, -0.25) is 0 Å².